The molecule has 0 fully saturated rings. The van der Waals surface area contributed by atoms with Gasteiger partial charge in [0.25, 0.3) is 0 Å². The third-order valence-electron chi connectivity index (χ3n) is 3.78. The molecule has 0 saturated heterocycles. The Morgan fingerprint density at radius 1 is 1.17 bits per heavy atom. The third-order valence-corrected chi connectivity index (χ3v) is 3.78. The predicted octanol–water partition coefficient (Wildman–Crippen LogP) is 1.37. The highest BCUT2D eigenvalue weighted by atomic mass is 15.1. The summed E-state index contributed by atoms with van der Waals surface area (Å²) in [6, 6.07) is 4.54. The van der Waals surface area contributed by atoms with E-state index in [4.69, 9.17) is 11.5 Å². The maximum Gasteiger partial charge on any atom is 0.0292 e. The van der Waals surface area contributed by atoms with Gasteiger partial charge in [-0.05, 0) is 56.5 Å². The standard InChI is InChI=1S/C15H27N3/c1-11-5-6-14(13(3)12(11)2)7-8-18(4)10-15(17)9-16/h5-6,15H,7-10,16-17H2,1-4H3. The van der Waals surface area contributed by atoms with Crippen LogP contribution >= 0.6 is 0 Å². The Morgan fingerprint density at radius 3 is 2.44 bits per heavy atom. The topological polar surface area (TPSA) is 55.3 Å². The van der Waals surface area contributed by atoms with E-state index in [2.05, 4.69) is 44.9 Å². The van der Waals surface area contributed by atoms with Crippen LogP contribution in [0.2, 0.25) is 0 Å². The van der Waals surface area contributed by atoms with E-state index < -0.39 is 0 Å². The molecule has 0 spiro atoms. The van der Waals surface area contributed by atoms with Gasteiger partial charge in [-0.1, -0.05) is 12.1 Å². The second kappa shape index (κ2) is 6.88. The van der Waals surface area contributed by atoms with Gasteiger partial charge in [-0.15, -0.1) is 0 Å². The minimum atomic E-state index is 0.0795. The minimum Gasteiger partial charge on any atom is -0.329 e. The molecule has 0 saturated carbocycles. The molecular weight excluding hydrogens is 222 g/mol. The third kappa shape index (κ3) is 4.09. The highest BCUT2D eigenvalue weighted by molar-refractivity contribution is 5.38. The van der Waals surface area contributed by atoms with Gasteiger partial charge < -0.3 is 16.4 Å². The van der Waals surface area contributed by atoms with Gasteiger partial charge in [0.05, 0.1) is 0 Å². The SMILES string of the molecule is Cc1ccc(CCN(C)CC(N)CN)c(C)c1C. The molecule has 0 amide bonds. The fraction of sp³-hybridized carbons (Fsp3) is 0.600. The van der Waals surface area contributed by atoms with Gasteiger partial charge in [0.15, 0.2) is 0 Å². The van der Waals surface area contributed by atoms with Crippen LogP contribution < -0.4 is 11.5 Å². The molecule has 3 heteroatoms. The van der Waals surface area contributed by atoms with Crippen LogP contribution in [-0.4, -0.2) is 37.6 Å². The number of aryl methyl sites for hydroxylation is 1. The molecule has 3 nitrogen and oxygen atoms in total. The maximum atomic E-state index is 5.85. The predicted molar refractivity (Wildman–Crippen MR) is 78.9 cm³/mol. The lowest BCUT2D eigenvalue weighted by Gasteiger charge is -2.21. The Labute approximate surface area is 111 Å². The lowest BCUT2D eigenvalue weighted by molar-refractivity contribution is 0.316. The monoisotopic (exact) mass is 249 g/mol. The quantitative estimate of drug-likeness (QED) is 0.800. The number of likely N-dealkylation sites (N-methyl/N-ethyl adjacent to an activating group) is 1. The van der Waals surface area contributed by atoms with Crippen LogP contribution in [-0.2, 0) is 6.42 Å². The zero-order chi connectivity index (χ0) is 13.7. The molecule has 0 aliphatic rings. The van der Waals surface area contributed by atoms with Gasteiger partial charge >= 0.3 is 0 Å². The van der Waals surface area contributed by atoms with E-state index in [-0.39, 0.29) is 6.04 Å². The summed E-state index contributed by atoms with van der Waals surface area (Å²) in [6.07, 6.45) is 1.07. The normalized spacial score (nSPS) is 13.1. The van der Waals surface area contributed by atoms with E-state index >= 15 is 0 Å². The van der Waals surface area contributed by atoms with Crippen LogP contribution in [0.15, 0.2) is 12.1 Å². The first kappa shape index (κ1) is 15.2. The second-order valence-corrected chi connectivity index (χ2v) is 5.30. The molecule has 1 aromatic rings. The molecule has 0 bridgehead atoms. The lowest BCUT2D eigenvalue weighted by atomic mass is 9.97. The molecule has 0 radical (unpaired) electrons. The van der Waals surface area contributed by atoms with Crippen molar-refractivity contribution in [2.45, 2.75) is 33.2 Å². The molecule has 0 aromatic heterocycles. The summed E-state index contributed by atoms with van der Waals surface area (Å²) in [4.78, 5) is 2.26. The van der Waals surface area contributed by atoms with Gasteiger partial charge in [0.2, 0.25) is 0 Å². The summed E-state index contributed by atoms with van der Waals surface area (Å²) < 4.78 is 0. The van der Waals surface area contributed by atoms with Crippen LogP contribution in [0.1, 0.15) is 22.3 Å². The Bertz CT molecular complexity index is 388. The summed E-state index contributed by atoms with van der Waals surface area (Å²) in [6.45, 7) is 9.01. The van der Waals surface area contributed by atoms with Crippen molar-refractivity contribution in [1.29, 1.82) is 0 Å². The van der Waals surface area contributed by atoms with E-state index in [1.165, 1.54) is 22.3 Å². The van der Waals surface area contributed by atoms with Gasteiger partial charge in [-0.2, -0.15) is 0 Å². The summed E-state index contributed by atoms with van der Waals surface area (Å²) in [5, 5.41) is 0. The van der Waals surface area contributed by atoms with Crippen molar-refractivity contribution < 1.29 is 0 Å². The van der Waals surface area contributed by atoms with Crippen LogP contribution in [0.3, 0.4) is 0 Å². The maximum absolute atomic E-state index is 5.85. The van der Waals surface area contributed by atoms with Gasteiger partial charge in [0.1, 0.15) is 0 Å². The van der Waals surface area contributed by atoms with Crippen LogP contribution in [0, 0.1) is 20.8 Å². The average Bonchev–Trinajstić information content (AvgIpc) is 2.35. The van der Waals surface area contributed by atoms with E-state index in [9.17, 15) is 0 Å². The molecule has 0 heterocycles. The molecule has 1 aromatic carbocycles. The van der Waals surface area contributed by atoms with Gasteiger partial charge in [-0.3, -0.25) is 0 Å². The first-order chi connectivity index (χ1) is 8.45. The summed E-state index contributed by atoms with van der Waals surface area (Å²) in [5.74, 6) is 0. The highest BCUT2D eigenvalue weighted by Crippen LogP contribution is 2.17. The van der Waals surface area contributed by atoms with Crippen molar-refractivity contribution in [1.82, 2.24) is 4.90 Å². The molecule has 0 aliphatic heterocycles. The number of benzene rings is 1. The summed E-state index contributed by atoms with van der Waals surface area (Å²) in [7, 11) is 2.10. The number of nitrogens with two attached hydrogens (primary N) is 2. The molecule has 18 heavy (non-hydrogen) atoms. The molecule has 4 N–H and O–H groups in total. The largest absolute Gasteiger partial charge is 0.329 e. The number of hydrogen-bond acceptors (Lipinski definition) is 3. The van der Waals surface area contributed by atoms with Gasteiger partial charge in [-0.25, -0.2) is 0 Å². The first-order valence-electron chi connectivity index (χ1n) is 6.65. The van der Waals surface area contributed by atoms with E-state index in [1.807, 2.05) is 0 Å². The Hall–Kier alpha value is -0.900. The zero-order valence-corrected chi connectivity index (χ0v) is 12.2. The Balaban J connectivity index is 2.56. The van der Waals surface area contributed by atoms with E-state index in [0.717, 1.165) is 19.5 Å². The fourth-order valence-electron chi connectivity index (χ4n) is 2.16. The van der Waals surface area contributed by atoms with E-state index in [1.54, 1.807) is 0 Å². The highest BCUT2D eigenvalue weighted by Gasteiger charge is 2.07. The zero-order valence-electron chi connectivity index (χ0n) is 12.2. The Kier molecular flexibility index (Phi) is 5.79. The molecule has 1 atom stereocenters. The minimum absolute atomic E-state index is 0.0795. The van der Waals surface area contributed by atoms with Crippen molar-refractivity contribution in [3.63, 3.8) is 0 Å². The summed E-state index contributed by atoms with van der Waals surface area (Å²) in [5.41, 5.74) is 17.0. The fourth-order valence-corrected chi connectivity index (χ4v) is 2.16. The van der Waals surface area contributed by atoms with Crippen molar-refractivity contribution in [2.24, 2.45) is 11.5 Å². The molecule has 1 rings (SSSR count). The van der Waals surface area contributed by atoms with Crippen molar-refractivity contribution in [3.05, 3.63) is 34.4 Å². The second-order valence-electron chi connectivity index (χ2n) is 5.30. The molecular formula is C15H27N3. The molecule has 102 valence electrons. The number of nitrogens with zero attached hydrogens (tertiary/aromatic N) is 1. The van der Waals surface area contributed by atoms with Crippen LogP contribution in [0.5, 0.6) is 0 Å². The molecule has 0 aliphatic carbocycles. The number of rotatable bonds is 6. The van der Waals surface area contributed by atoms with Crippen molar-refractivity contribution >= 4 is 0 Å². The van der Waals surface area contributed by atoms with Crippen LogP contribution in [0.4, 0.5) is 0 Å². The van der Waals surface area contributed by atoms with Crippen LogP contribution in [0.25, 0.3) is 0 Å². The van der Waals surface area contributed by atoms with Crippen molar-refractivity contribution in [3.8, 4) is 0 Å². The number of hydrogen-bond donors (Lipinski definition) is 2. The van der Waals surface area contributed by atoms with Gasteiger partial charge in [0, 0.05) is 25.7 Å². The first-order valence-corrected chi connectivity index (χ1v) is 6.65. The molecule has 1 unspecified atom stereocenters. The van der Waals surface area contributed by atoms with E-state index in [0.29, 0.717) is 6.54 Å². The lowest BCUT2D eigenvalue weighted by Crippen LogP contribution is -2.41. The Morgan fingerprint density at radius 2 is 1.83 bits per heavy atom. The van der Waals surface area contributed by atoms with Crippen molar-refractivity contribution in [2.75, 3.05) is 26.7 Å². The summed E-state index contributed by atoms with van der Waals surface area (Å²) >= 11 is 0. The smallest absolute Gasteiger partial charge is 0.0292 e. The average molecular weight is 249 g/mol.